The van der Waals surface area contributed by atoms with Crippen molar-refractivity contribution in [2.24, 2.45) is 29.6 Å². The highest BCUT2D eigenvalue weighted by Crippen LogP contribution is 2.69. The number of aromatic amines is 1. The molecule has 7 atom stereocenters. The SMILES string of the molecule is Cc1ccc(NC(=O)COc2ccc(Br)cc2[C@H]2c3sc(=O)[nH]c3SC3C4CC(C5C(=O)N(c6ccccc6)C(=O)C45)C32)cc1. The van der Waals surface area contributed by atoms with Crippen LogP contribution in [0, 0.1) is 36.5 Å². The van der Waals surface area contributed by atoms with Crippen molar-refractivity contribution >= 4 is 68.1 Å². The van der Waals surface area contributed by atoms with Gasteiger partial charge in [0.25, 0.3) is 5.91 Å². The van der Waals surface area contributed by atoms with Crippen LogP contribution in [0.4, 0.5) is 11.4 Å². The van der Waals surface area contributed by atoms with Gasteiger partial charge in [-0.3, -0.25) is 24.1 Å². The van der Waals surface area contributed by atoms with Crippen LogP contribution in [0.15, 0.2) is 87.1 Å². The summed E-state index contributed by atoms with van der Waals surface area (Å²) in [7, 11) is 0. The van der Waals surface area contributed by atoms with Crippen LogP contribution < -0.4 is 19.8 Å². The molecule has 0 spiro atoms. The summed E-state index contributed by atoms with van der Waals surface area (Å²) in [5, 5.41) is 3.75. The van der Waals surface area contributed by atoms with E-state index in [-0.39, 0.29) is 64.0 Å². The van der Waals surface area contributed by atoms with Crippen LogP contribution in [0.5, 0.6) is 5.75 Å². The van der Waals surface area contributed by atoms with Gasteiger partial charge in [-0.15, -0.1) is 11.8 Å². The van der Waals surface area contributed by atoms with Crippen molar-refractivity contribution in [3.05, 3.63) is 103 Å². The van der Waals surface area contributed by atoms with Gasteiger partial charge in [0.2, 0.25) is 11.8 Å². The molecule has 11 heteroatoms. The highest BCUT2D eigenvalue weighted by molar-refractivity contribution is 9.10. The number of anilines is 2. The minimum absolute atomic E-state index is 0.00529. The fraction of sp³-hybridized carbons (Fsp3) is 0.294. The summed E-state index contributed by atoms with van der Waals surface area (Å²) in [6.45, 7) is 1.80. The van der Waals surface area contributed by atoms with E-state index in [1.165, 1.54) is 16.2 Å². The van der Waals surface area contributed by atoms with Crippen molar-refractivity contribution in [1.29, 1.82) is 0 Å². The van der Waals surface area contributed by atoms with Crippen molar-refractivity contribution in [3.8, 4) is 5.75 Å². The maximum Gasteiger partial charge on any atom is 0.305 e. The number of ether oxygens (including phenoxy) is 1. The number of para-hydroxylation sites is 1. The van der Waals surface area contributed by atoms with Gasteiger partial charge in [0, 0.05) is 31.8 Å². The van der Waals surface area contributed by atoms with Crippen molar-refractivity contribution in [2.45, 2.75) is 29.5 Å². The molecule has 3 amide bonds. The number of thioether (sulfide) groups is 1. The summed E-state index contributed by atoms with van der Waals surface area (Å²) in [5.74, 6) is -1.00. The number of amides is 3. The van der Waals surface area contributed by atoms with Crippen LogP contribution in [-0.4, -0.2) is 34.6 Å². The molecule has 1 saturated heterocycles. The quantitative estimate of drug-likeness (QED) is 0.232. The van der Waals surface area contributed by atoms with Crippen molar-refractivity contribution in [1.82, 2.24) is 4.98 Å². The summed E-state index contributed by atoms with van der Waals surface area (Å²) < 4.78 is 7.04. The van der Waals surface area contributed by atoms with Crippen LogP contribution in [0.2, 0.25) is 0 Å². The lowest BCUT2D eigenvalue weighted by atomic mass is 9.68. The molecule has 0 radical (unpaired) electrons. The number of carbonyl (C=O) groups is 3. The predicted molar refractivity (Wildman–Crippen MR) is 177 cm³/mol. The minimum atomic E-state index is -0.402. The topological polar surface area (TPSA) is 109 Å². The number of hydrogen-bond acceptors (Lipinski definition) is 7. The zero-order chi connectivity index (χ0) is 31.0. The summed E-state index contributed by atoms with van der Waals surface area (Å²) in [4.78, 5) is 58.7. The number of hydrogen-bond donors (Lipinski definition) is 2. The molecule has 8 rings (SSSR count). The van der Waals surface area contributed by atoms with Gasteiger partial charge in [0.1, 0.15) is 5.75 Å². The second-order valence-corrected chi connectivity index (χ2v) is 15.3. The molecule has 2 N–H and O–H groups in total. The Labute approximate surface area is 275 Å². The maximum absolute atomic E-state index is 14.0. The van der Waals surface area contributed by atoms with E-state index in [1.54, 1.807) is 11.8 Å². The molecule has 8 nitrogen and oxygen atoms in total. The number of thiazole rings is 1. The smallest absolute Gasteiger partial charge is 0.305 e. The Kier molecular flexibility index (Phi) is 7.03. The van der Waals surface area contributed by atoms with E-state index in [1.807, 2.05) is 79.7 Å². The average molecular weight is 703 g/mol. The van der Waals surface area contributed by atoms with E-state index in [0.717, 1.165) is 31.9 Å². The second-order valence-electron chi connectivity index (χ2n) is 12.2. The molecule has 2 aliphatic heterocycles. The molecule has 2 saturated carbocycles. The highest BCUT2D eigenvalue weighted by atomic mass is 79.9. The molecular weight excluding hydrogens is 674 g/mol. The van der Waals surface area contributed by atoms with Gasteiger partial charge in [-0.05, 0) is 73.6 Å². The molecule has 228 valence electrons. The zero-order valence-electron chi connectivity index (χ0n) is 24.1. The van der Waals surface area contributed by atoms with Crippen LogP contribution in [0.1, 0.15) is 28.3 Å². The summed E-state index contributed by atoms with van der Waals surface area (Å²) in [6, 6.07) is 22.5. The molecule has 2 aliphatic carbocycles. The molecule has 4 aromatic rings. The number of H-pyrrole nitrogens is 1. The van der Waals surface area contributed by atoms with E-state index >= 15 is 0 Å². The lowest BCUT2D eigenvalue weighted by Crippen LogP contribution is -2.42. The normalized spacial score (nSPS) is 27.7. The number of carbonyl (C=O) groups excluding carboxylic acids is 3. The van der Waals surface area contributed by atoms with Crippen molar-refractivity contribution < 1.29 is 19.1 Å². The van der Waals surface area contributed by atoms with Crippen molar-refractivity contribution in [3.63, 3.8) is 0 Å². The van der Waals surface area contributed by atoms with Crippen LogP contribution in [0.25, 0.3) is 0 Å². The molecule has 3 heterocycles. The average Bonchev–Trinajstić information content (AvgIpc) is 3.77. The monoisotopic (exact) mass is 701 g/mol. The zero-order valence-corrected chi connectivity index (χ0v) is 27.3. The Morgan fingerprint density at radius 2 is 1.73 bits per heavy atom. The number of rotatable bonds is 6. The van der Waals surface area contributed by atoms with E-state index in [4.69, 9.17) is 4.74 Å². The first-order chi connectivity index (χ1) is 21.8. The Hall–Kier alpha value is -3.67. The lowest BCUT2D eigenvalue weighted by Gasteiger charge is -2.43. The largest absolute Gasteiger partial charge is 0.483 e. The van der Waals surface area contributed by atoms with Gasteiger partial charge >= 0.3 is 4.87 Å². The van der Waals surface area contributed by atoms with Gasteiger partial charge < -0.3 is 15.0 Å². The third kappa shape index (κ3) is 4.70. The number of benzene rings is 3. The second kappa shape index (κ2) is 11.0. The number of imide groups is 1. The van der Waals surface area contributed by atoms with E-state index in [0.29, 0.717) is 17.1 Å². The summed E-state index contributed by atoms with van der Waals surface area (Å²) in [5.41, 5.74) is 3.27. The Morgan fingerprint density at radius 3 is 2.49 bits per heavy atom. The van der Waals surface area contributed by atoms with Crippen LogP contribution >= 0.6 is 39.0 Å². The Morgan fingerprint density at radius 1 is 1.00 bits per heavy atom. The third-order valence-electron chi connectivity index (χ3n) is 9.74. The molecular formula is C34H28BrN3O5S2. The standard InChI is InChI=1S/C34H28BrN3O5S2/c1-16-7-10-18(11-8-16)36-24(39)15-43-23-12-9-17(35)13-20(23)25-26-21-14-22(29(26)44-31-30(25)45-34(42)37-31)28-27(21)32(40)38(33(28)41)19-5-3-2-4-6-19/h2-13,21-22,25-29H,14-15H2,1H3,(H,36,39)(H,37,42)/t21?,22?,25-,26?,27?,28?,29?/m1/s1. The number of nitrogens with one attached hydrogen (secondary N) is 2. The minimum Gasteiger partial charge on any atom is -0.483 e. The maximum atomic E-state index is 14.0. The lowest BCUT2D eigenvalue weighted by molar-refractivity contribution is -0.123. The molecule has 4 aliphatic rings. The first-order valence-corrected chi connectivity index (χ1v) is 17.4. The fourth-order valence-corrected chi connectivity index (χ4v) is 11.3. The molecule has 2 bridgehead atoms. The molecule has 6 unspecified atom stereocenters. The van der Waals surface area contributed by atoms with Gasteiger partial charge in [0.15, 0.2) is 6.61 Å². The highest BCUT2D eigenvalue weighted by Gasteiger charge is 2.69. The van der Waals surface area contributed by atoms with Gasteiger partial charge in [-0.2, -0.15) is 0 Å². The molecule has 3 aromatic carbocycles. The van der Waals surface area contributed by atoms with Gasteiger partial charge in [0.05, 0.1) is 22.5 Å². The Bertz CT molecular complexity index is 1910. The fourth-order valence-electron chi connectivity index (χ4n) is 8.07. The number of aromatic nitrogens is 1. The number of halogens is 1. The Balaban J connectivity index is 1.14. The molecule has 3 fully saturated rings. The van der Waals surface area contributed by atoms with E-state index < -0.39 is 5.92 Å². The molecule has 45 heavy (non-hydrogen) atoms. The number of aryl methyl sites for hydroxylation is 1. The first kappa shape index (κ1) is 28.8. The predicted octanol–water partition coefficient (Wildman–Crippen LogP) is 6.20. The summed E-state index contributed by atoms with van der Waals surface area (Å²) in [6.07, 6.45) is 0.788. The number of fused-ring (bicyclic) bond motifs is 9. The van der Waals surface area contributed by atoms with Crippen LogP contribution in [0.3, 0.4) is 0 Å². The number of nitrogens with zero attached hydrogens (tertiary/aromatic N) is 1. The van der Waals surface area contributed by atoms with Gasteiger partial charge in [-0.25, -0.2) is 0 Å². The van der Waals surface area contributed by atoms with Crippen LogP contribution in [-0.2, 0) is 14.4 Å². The summed E-state index contributed by atoms with van der Waals surface area (Å²) >= 11 is 6.47. The van der Waals surface area contributed by atoms with E-state index in [9.17, 15) is 19.2 Å². The first-order valence-electron chi connectivity index (χ1n) is 14.9. The van der Waals surface area contributed by atoms with E-state index in [2.05, 4.69) is 26.2 Å². The van der Waals surface area contributed by atoms with Gasteiger partial charge in [-0.1, -0.05) is 63.2 Å². The molecule has 1 aromatic heterocycles. The van der Waals surface area contributed by atoms with Crippen molar-refractivity contribution in [2.75, 3.05) is 16.8 Å². The third-order valence-corrected chi connectivity index (χ3v) is 12.8.